The second-order valence-electron chi connectivity index (χ2n) is 6.81. The quantitative estimate of drug-likeness (QED) is 0.518. The Labute approximate surface area is 183 Å². The zero-order chi connectivity index (χ0) is 23.9. The third-order valence-corrected chi connectivity index (χ3v) is 5.56. The normalized spacial score (nSPS) is 12.7. The summed E-state index contributed by atoms with van der Waals surface area (Å²) < 4.78 is 68.2. The first-order chi connectivity index (χ1) is 14.9. The van der Waals surface area contributed by atoms with Crippen LogP contribution in [0.2, 0.25) is 0 Å². The molecule has 2 amide bonds. The highest BCUT2D eigenvalue weighted by atomic mass is 32.2. The molecule has 0 aliphatic heterocycles. The Morgan fingerprint density at radius 2 is 1.62 bits per heavy atom. The fourth-order valence-electron chi connectivity index (χ4n) is 2.49. The predicted octanol–water partition coefficient (Wildman–Crippen LogP) is 2.57. The van der Waals surface area contributed by atoms with E-state index in [1.165, 1.54) is 62.4 Å². The molecule has 12 heteroatoms. The second-order valence-corrected chi connectivity index (χ2v) is 8.53. The van der Waals surface area contributed by atoms with Gasteiger partial charge in [0.25, 0.3) is 0 Å². The molecule has 0 heterocycles. The smallest absolute Gasteiger partial charge is 0.422 e. The summed E-state index contributed by atoms with van der Waals surface area (Å²) in [5, 5.41) is 5.06. The summed E-state index contributed by atoms with van der Waals surface area (Å²) in [4.78, 5) is 23.2. The highest BCUT2D eigenvalue weighted by Gasteiger charge is 2.28. The van der Waals surface area contributed by atoms with Crippen molar-refractivity contribution in [2.75, 3.05) is 11.9 Å². The summed E-state index contributed by atoms with van der Waals surface area (Å²) in [6, 6.07) is 9.97. The van der Waals surface area contributed by atoms with Crippen LogP contribution in [-0.2, 0) is 26.2 Å². The molecule has 0 aromatic heterocycles. The number of carbonyl (C=O) groups is 2. The molecule has 0 saturated carbocycles. The molecule has 2 rings (SSSR count). The van der Waals surface area contributed by atoms with Crippen molar-refractivity contribution in [2.24, 2.45) is 0 Å². The third kappa shape index (κ3) is 8.19. The molecule has 2 aromatic rings. The third-order valence-electron chi connectivity index (χ3n) is 4.00. The van der Waals surface area contributed by atoms with E-state index in [-0.39, 0.29) is 23.1 Å². The number of alkyl halides is 3. The van der Waals surface area contributed by atoms with Crippen LogP contribution in [-0.4, -0.2) is 39.1 Å². The van der Waals surface area contributed by atoms with E-state index in [0.29, 0.717) is 11.3 Å². The monoisotopic (exact) mass is 473 g/mol. The molecule has 0 spiro atoms. The van der Waals surface area contributed by atoms with E-state index in [9.17, 15) is 31.2 Å². The van der Waals surface area contributed by atoms with Crippen molar-refractivity contribution in [3.63, 3.8) is 0 Å². The molecule has 1 atom stereocenters. The maximum Gasteiger partial charge on any atom is 0.422 e. The van der Waals surface area contributed by atoms with Crippen molar-refractivity contribution in [3.8, 4) is 5.75 Å². The lowest BCUT2D eigenvalue weighted by molar-refractivity contribution is -0.153. The standard InChI is InChI=1S/C20H22F3N3O5S/c1-13(26-32(29,30)18-9-5-16(6-10-18)25-14(2)27)19(28)24-11-15-3-7-17(8-4-15)31-12-20(21,22)23/h3-10,13,26H,11-12H2,1-2H3,(H,24,28)(H,25,27). The van der Waals surface area contributed by atoms with Crippen LogP contribution >= 0.6 is 0 Å². The molecular formula is C20H22F3N3O5S. The number of anilines is 1. The van der Waals surface area contributed by atoms with Crippen LogP contribution in [0, 0.1) is 0 Å². The second kappa shape index (κ2) is 10.5. The molecule has 1 unspecified atom stereocenters. The minimum Gasteiger partial charge on any atom is -0.484 e. The van der Waals surface area contributed by atoms with E-state index in [0.717, 1.165) is 0 Å². The number of hydrogen-bond acceptors (Lipinski definition) is 5. The minimum atomic E-state index is -4.44. The molecule has 3 N–H and O–H groups in total. The van der Waals surface area contributed by atoms with Gasteiger partial charge in [-0.2, -0.15) is 17.9 Å². The molecule has 0 bridgehead atoms. The lowest BCUT2D eigenvalue weighted by Crippen LogP contribution is -2.44. The Morgan fingerprint density at radius 3 is 2.16 bits per heavy atom. The first-order valence-corrected chi connectivity index (χ1v) is 10.8. The average molecular weight is 473 g/mol. The summed E-state index contributed by atoms with van der Waals surface area (Å²) >= 11 is 0. The molecule has 32 heavy (non-hydrogen) atoms. The van der Waals surface area contributed by atoms with Crippen LogP contribution in [0.25, 0.3) is 0 Å². The number of benzene rings is 2. The summed E-state index contributed by atoms with van der Waals surface area (Å²) in [5.74, 6) is -0.864. The molecular weight excluding hydrogens is 451 g/mol. The molecule has 0 radical (unpaired) electrons. The van der Waals surface area contributed by atoms with E-state index < -0.39 is 34.8 Å². The van der Waals surface area contributed by atoms with Gasteiger partial charge in [-0.1, -0.05) is 12.1 Å². The minimum absolute atomic E-state index is 0.0306. The Hall–Kier alpha value is -3.12. The fraction of sp³-hybridized carbons (Fsp3) is 0.300. The van der Waals surface area contributed by atoms with E-state index >= 15 is 0 Å². The Kier molecular flexibility index (Phi) is 8.22. The molecule has 174 valence electrons. The van der Waals surface area contributed by atoms with E-state index in [2.05, 4.69) is 20.1 Å². The van der Waals surface area contributed by atoms with Crippen molar-refractivity contribution in [1.82, 2.24) is 10.0 Å². The first kappa shape index (κ1) is 25.1. The van der Waals surface area contributed by atoms with Crippen molar-refractivity contribution in [1.29, 1.82) is 0 Å². The predicted molar refractivity (Wildman–Crippen MR) is 110 cm³/mol. The van der Waals surface area contributed by atoms with Gasteiger partial charge in [-0.15, -0.1) is 0 Å². The number of nitrogens with one attached hydrogen (secondary N) is 3. The van der Waals surface area contributed by atoms with E-state index in [1.807, 2.05) is 0 Å². The number of rotatable bonds is 9. The molecule has 8 nitrogen and oxygen atoms in total. The lowest BCUT2D eigenvalue weighted by Gasteiger charge is -2.15. The topological polar surface area (TPSA) is 114 Å². The number of hydrogen-bond donors (Lipinski definition) is 3. The largest absolute Gasteiger partial charge is 0.484 e. The number of ether oxygens (including phenoxy) is 1. The molecule has 0 aliphatic carbocycles. The summed E-state index contributed by atoms with van der Waals surface area (Å²) in [7, 11) is -3.99. The zero-order valence-corrected chi connectivity index (χ0v) is 18.0. The summed E-state index contributed by atoms with van der Waals surface area (Å²) in [6.45, 7) is 1.32. The van der Waals surface area contributed by atoms with Gasteiger partial charge in [-0.25, -0.2) is 8.42 Å². The van der Waals surface area contributed by atoms with Gasteiger partial charge in [0.2, 0.25) is 21.8 Å². The Morgan fingerprint density at radius 1 is 1.03 bits per heavy atom. The highest BCUT2D eigenvalue weighted by molar-refractivity contribution is 7.89. The molecule has 0 aliphatic rings. The average Bonchev–Trinajstić information content (AvgIpc) is 2.70. The van der Waals surface area contributed by atoms with E-state index in [4.69, 9.17) is 0 Å². The highest BCUT2D eigenvalue weighted by Crippen LogP contribution is 2.19. The van der Waals surface area contributed by atoms with Crippen LogP contribution in [0.15, 0.2) is 53.4 Å². The van der Waals surface area contributed by atoms with Gasteiger partial charge in [0.1, 0.15) is 5.75 Å². The summed E-state index contributed by atoms with van der Waals surface area (Å²) in [5.41, 5.74) is 1.01. The van der Waals surface area contributed by atoms with Crippen molar-refractivity contribution in [3.05, 3.63) is 54.1 Å². The lowest BCUT2D eigenvalue weighted by atomic mass is 10.2. The zero-order valence-electron chi connectivity index (χ0n) is 17.2. The van der Waals surface area contributed by atoms with Crippen LogP contribution in [0.5, 0.6) is 5.75 Å². The Balaban J connectivity index is 1.88. The maximum absolute atomic E-state index is 12.5. The van der Waals surface area contributed by atoms with E-state index in [1.54, 1.807) is 0 Å². The van der Waals surface area contributed by atoms with Gasteiger partial charge in [0, 0.05) is 19.2 Å². The van der Waals surface area contributed by atoms with Gasteiger partial charge >= 0.3 is 6.18 Å². The summed E-state index contributed by atoms with van der Waals surface area (Å²) in [6.07, 6.45) is -4.44. The van der Waals surface area contributed by atoms with Crippen molar-refractivity contribution in [2.45, 2.75) is 37.5 Å². The fourth-order valence-corrected chi connectivity index (χ4v) is 3.69. The van der Waals surface area contributed by atoms with Gasteiger partial charge in [-0.05, 0) is 48.9 Å². The van der Waals surface area contributed by atoms with Gasteiger partial charge in [0.05, 0.1) is 10.9 Å². The van der Waals surface area contributed by atoms with Crippen LogP contribution in [0.4, 0.5) is 18.9 Å². The molecule has 0 fully saturated rings. The number of sulfonamides is 1. The number of carbonyl (C=O) groups excluding carboxylic acids is 2. The van der Waals surface area contributed by atoms with Crippen LogP contribution in [0.1, 0.15) is 19.4 Å². The Bertz CT molecular complexity index is 1040. The van der Waals surface area contributed by atoms with Gasteiger partial charge in [-0.3, -0.25) is 9.59 Å². The van der Waals surface area contributed by atoms with Crippen molar-refractivity contribution < 1.29 is 35.9 Å². The van der Waals surface area contributed by atoms with Gasteiger partial charge < -0.3 is 15.4 Å². The maximum atomic E-state index is 12.5. The van der Waals surface area contributed by atoms with Crippen molar-refractivity contribution >= 4 is 27.5 Å². The first-order valence-electron chi connectivity index (χ1n) is 9.32. The van der Waals surface area contributed by atoms with Gasteiger partial charge in [0.15, 0.2) is 6.61 Å². The van der Waals surface area contributed by atoms with Crippen LogP contribution < -0.4 is 20.1 Å². The molecule has 2 aromatic carbocycles. The number of amides is 2. The SMILES string of the molecule is CC(=O)Nc1ccc(S(=O)(=O)NC(C)C(=O)NCc2ccc(OCC(F)(F)F)cc2)cc1. The molecule has 0 saturated heterocycles. The number of halogens is 3. The van der Waals surface area contributed by atoms with Crippen LogP contribution in [0.3, 0.4) is 0 Å².